The van der Waals surface area contributed by atoms with Crippen LogP contribution >= 0.6 is 0 Å². The molecule has 2 aromatic rings. The second-order valence-corrected chi connectivity index (χ2v) is 11.5. The van der Waals surface area contributed by atoms with Gasteiger partial charge in [0.05, 0.1) is 0 Å². The number of hydrogen-bond acceptors (Lipinski definition) is 5. The average Bonchev–Trinajstić information content (AvgIpc) is 3.12. The molecule has 10 heteroatoms. The second-order valence-electron chi connectivity index (χ2n) is 11.5. The molecule has 1 saturated carbocycles. The van der Waals surface area contributed by atoms with Crippen molar-refractivity contribution in [1.82, 2.24) is 10.2 Å². The first-order chi connectivity index (χ1) is 18.4. The van der Waals surface area contributed by atoms with Crippen molar-refractivity contribution in [2.45, 2.75) is 65.0 Å². The molecule has 0 saturated heterocycles. The maximum Gasteiger partial charge on any atom is 1.00 e. The van der Waals surface area contributed by atoms with Gasteiger partial charge in [-0.2, -0.15) is 0 Å². The summed E-state index contributed by atoms with van der Waals surface area (Å²) in [5.74, 6) is -3.02. The molecule has 2 aromatic carbocycles. The summed E-state index contributed by atoms with van der Waals surface area (Å²) >= 11 is 0. The molecular formula is C30H34F2N3NaO4. The van der Waals surface area contributed by atoms with E-state index in [2.05, 4.69) is 26.1 Å². The van der Waals surface area contributed by atoms with Gasteiger partial charge in [0.15, 0.2) is 0 Å². The predicted molar refractivity (Wildman–Crippen MR) is 141 cm³/mol. The van der Waals surface area contributed by atoms with Crippen molar-refractivity contribution in [2.75, 3.05) is 13.1 Å². The molecule has 4 rings (SSSR count). The predicted octanol–water partition coefficient (Wildman–Crippen LogP) is 0.645. The van der Waals surface area contributed by atoms with Crippen LogP contribution in [0.15, 0.2) is 47.5 Å². The van der Waals surface area contributed by atoms with Gasteiger partial charge in [-0.3, -0.25) is 14.6 Å². The number of nitrogens with one attached hydrogen (secondary N) is 1. The van der Waals surface area contributed by atoms with Crippen molar-refractivity contribution >= 4 is 23.5 Å². The van der Waals surface area contributed by atoms with Crippen molar-refractivity contribution in [1.29, 1.82) is 0 Å². The number of nitrogens with zero attached hydrogens (tertiary/aromatic N) is 2. The van der Waals surface area contributed by atoms with E-state index in [1.165, 1.54) is 6.07 Å². The monoisotopic (exact) mass is 561 g/mol. The van der Waals surface area contributed by atoms with Crippen LogP contribution in [0.2, 0.25) is 0 Å². The zero-order valence-corrected chi connectivity index (χ0v) is 25.6. The maximum atomic E-state index is 14.7. The van der Waals surface area contributed by atoms with Crippen LogP contribution in [0.1, 0.15) is 74.4 Å². The molecule has 1 spiro atoms. The third kappa shape index (κ3) is 7.17. The summed E-state index contributed by atoms with van der Waals surface area (Å²) in [6.07, 6.45) is 3.33. The molecular weight excluding hydrogens is 527 g/mol. The summed E-state index contributed by atoms with van der Waals surface area (Å²) in [7, 11) is 0. The minimum Gasteiger partial charge on any atom is -0.550 e. The molecule has 0 atom stereocenters. The van der Waals surface area contributed by atoms with Crippen LogP contribution in [-0.2, 0) is 16.0 Å². The third-order valence-corrected chi connectivity index (χ3v) is 7.92. The van der Waals surface area contributed by atoms with Crippen molar-refractivity contribution in [3.05, 3.63) is 70.8 Å². The number of halogens is 2. The summed E-state index contributed by atoms with van der Waals surface area (Å²) < 4.78 is 28.3. The fourth-order valence-corrected chi connectivity index (χ4v) is 5.57. The number of aliphatic imine (C=N–C) groups is 1. The fraction of sp³-hybridized carbons (Fsp3) is 0.467. The summed E-state index contributed by atoms with van der Waals surface area (Å²) in [5, 5.41) is 13.1. The van der Waals surface area contributed by atoms with Crippen molar-refractivity contribution in [3.63, 3.8) is 0 Å². The Balaban J connectivity index is 0.00000441. The van der Waals surface area contributed by atoms with E-state index in [1.54, 1.807) is 29.2 Å². The number of rotatable bonds is 8. The number of benzene rings is 2. The molecule has 0 bridgehead atoms. The molecule has 7 nitrogen and oxygen atoms in total. The van der Waals surface area contributed by atoms with Crippen LogP contribution in [0.5, 0.6) is 0 Å². The Morgan fingerprint density at radius 1 is 1.10 bits per heavy atom. The average molecular weight is 562 g/mol. The maximum absolute atomic E-state index is 14.7. The zero-order valence-electron chi connectivity index (χ0n) is 23.6. The smallest absolute Gasteiger partial charge is 0.550 e. The molecule has 1 aliphatic heterocycles. The van der Waals surface area contributed by atoms with Gasteiger partial charge in [-0.05, 0) is 73.3 Å². The summed E-state index contributed by atoms with van der Waals surface area (Å²) in [6, 6.07) is 10.1. The fourth-order valence-electron chi connectivity index (χ4n) is 5.57. The Labute approximate surface area is 255 Å². The number of aliphatic carboxylic acids is 1. The molecule has 40 heavy (non-hydrogen) atoms. The first-order valence-corrected chi connectivity index (χ1v) is 13.3. The quantitative estimate of drug-likeness (QED) is 0.478. The molecule has 2 amide bonds. The van der Waals surface area contributed by atoms with E-state index in [0.29, 0.717) is 37.3 Å². The van der Waals surface area contributed by atoms with Gasteiger partial charge in [0.2, 0.25) is 0 Å². The zero-order chi connectivity index (χ0) is 28.4. The van der Waals surface area contributed by atoms with Crippen LogP contribution < -0.4 is 40.0 Å². The number of carboxylic acid groups (broad SMARTS) is 1. The van der Waals surface area contributed by atoms with Gasteiger partial charge in [0.1, 0.15) is 23.0 Å². The minimum absolute atomic E-state index is 0. The van der Waals surface area contributed by atoms with Gasteiger partial charge in [0.25, 0.3) is 11.8 Å². The molecule has 1 aliphatic carbocycles. The van der Waals surface area contributed by atoms with E-state index in [1.807, 2.05) is 0 Å². The number of carbonyl (C=O) groups excluding carboxylic acids is 3. The number of carboxylic acids is 1. The van der Waals surface area contributed by atoms with Gasteiger partial charge in [-0.15, -0.1) is 0 Å². The van der Waals surface area contributed by atoms with Crippen LogP contribution in [0.25, 0.3) is 0 Å². The third-order valence-electron chi connectivity index (χ3n) is 7.92. The van der Waals surface area contributed by atoms with Crippen LogP contribution in [-0.4, -0.2) is 47.1 Å². The first kappa shape index (κ1) is 31.9. The number of carbonyl (C=O) groups is 3. The van der Waals surface area contributed by atoms with E-state index in [9.17, 15) is 28.3 Å². The Hall–Kier alpha value is -2.62. The van der Waals surface area contributed by atoms with Crippen molar-refractivity contribution in [2.24, 2.45) is 16.3 Å². The standard InChI is InChI=1S/C30H35F2N3O4.Na/c1-29(2,3)21-10-14-30(15-11-21)34-26(23-9-8-22(31)18-24(23)32)28(39)35(30)17-13-19-4-6-20(7-5-19)27(38)33-16-12-25(36)37;/h4-9,18,21H,10-17H2,1-3H3,(H,33,38)(H,36,37);/q;+1/p-1. The summed E-state index contributed by atoms with van der Waals surface area (Å²) in [5.41, 5.74) is 0.690. The van der Waals surface area contributed by atoms with E-state index >= 15 is 0 Å². The van der Waals surface area contributed by atoms with E-state index in [4.69, 9.17) is 4.99 Å². The molecule has 1 N–H and O–H groups in total. The molecule has 2 aliphatic rings. The first-order valence-electron chi connectivity index (χ1n) is 13.3. The largest absolute Gasteiger partial charge is 1.00 e. The number of hydrogen-bond donors (Lipinski definition) is 1. The molecule has 1 fully saturated rings. The van der Waals surface area contributed by atoms with E-state index in [-0.39, 0.29) is 71.0 Å². The van der Waals surface area contributed by atoms with Crippen LogP contribution in [0.4, 0.5) is 8.78 Å². The Morgan fingerprint density at radius 3 is 2.33 bits per heavy atom. The minimum atomic E-state index is -1.24. The Bertz CT molecular complexity index is 1280. The van der Waals surface area contributed by atoms with Gasteiger partial charge in [-0.25, -0.2) is 8.78 Å². The Morgan fingerprint density at radius 2 is 1.75 bits per heavy atom. The van der Waals surface area contributed by atoms with E-state index in [0.717, 1.165) is 30.5 Å². The van der Waals surface area contributed by atoms with Gasteiger partial charge >= 0.3 is 29.6 Å². The molecule has 0 aromatic heterocycles. The normalized spacial score (nSPS) is 20.7. The SMILES string of the molecule is CC(C)(C)C1CCC2(CC1)N=C(c1ccc(F)cc1F)C(=O)N2CCc1ccc(C(=O)NCCC(=O)[O-])cc1.[Na+]. The second kappa shape index (κ2) is 12.9. The molecule has 1 heterocycles. The topological polar surface area (TPSA) is 102 Å². The molecule has 208 valence electrons. The van der Waals surface area contributed by atoms with Crippen LogP contribution in [0.3, 0.4) is 0 Å². The van der Waals surface area contributed by atoms with Crippen LogP contribution in [0, 0.1) is 23.0 Å². The van der Waals surface area contributed by atoms with Gasteiger partial charge in [0, 0.05) is 42.7 Å². The van der Waals surface area contributed by atoms with Gasteiger partial charge < -0.3 is 20.1 Å². The number of amides is 2. The Kier molecular flexibility index (Phi) is 10.3. The van der Waals surface area contributed by atoms with Gasteiger partial charge in [-0.1, -0.05) is 32.9 Å². The van der Waals surface area contributed by atoms with E-state index < -0.39 is 23.3 Å². The van der Waals surface area contributed by atoms with Crippen molar-refractivity contribution in [3.8, 4) is 0 Å². The summed E-state index contributed by atoms with van der Waals surface area (Å²) in [6.45, 7) is 6.97. The van der Waals surface area contributed by atoms with Crippen molar-refractivity contribution < 1.29 is 57.8 Å². The summed E-state index contributed by atoms with van der Waals surface area (Å²) in [4.78, 5) is 43.0. The molecule has 0 unspecified atom stereocenters. The molecule has 0 radical (unpaired) electrons.